The highest BCUT2D eigenvalue weighted by Crippen LogP contribution is 2.41. The number of methoxy groups -OCH3 is 1. The van der Waals surface area contributed by atoms with Crippen molar-refractivity contribution in [2.75, 3.05) is 13.7 Å². The number of nitrogens with zero attached hydrogens (tertiary/aromatic N) is 2. The molecular formula is C17H19F3N2O. The van der Waals surface area contributed by atoms with Crippen LogP contribution in [0.2, 0.25) is 0 Å². The summed E-state index contributed by atoms with van der Waals surface area (Å²) in [4.78, 5) is 4.22. The summed E-state index contributed by atoms with van der Waals surface area (Å²) < 4.78 is 47.0. The number of hydrogen-bond acceptors (Lipinski definition) is 2. The van der Waals surface area contributed by atoms with Gasteiger partial charge in [-0.1, -0.05) is 24.6 Å². The summed E-state index contributed by atoms with van der Waals surface area (Å²) >= 11 is 0. The van der Waals surface area contributed by atoms with E-state index in [0.29, 0.717) is 18.3 Å². The first-order valence-electron chi connectivity index (χ1n) is 7.70. The van der Waals surface area contributed by atoms with Crippen LogP contribution in [0.1, 0.15) is 30.9 Å². The van der Waals surface area contributed by atoms with Gasteiger partial charge in [0, 0.05) is 37.0 Å². The Balaban J connectivity index is 2.03. The average molecular weight is 324 g/mol. The minimum atomic E-state index is -4.39. The Hall–Kier alpha value is -1.82. The summed E-state index contributed by atoms with van der Waals surface area (Å²) in [7, 11) is 1.66. The van der Waals surface area contributed by atoms with Crippen molar-refractivity contribution in [2.24, 2.45) is 5.92 Å². The highest BCUT2D eigenvalue weighted by atomic mass is 19.4. The van der Waals surface area contributed by atoms with E-state index in [1.807, 2.05) is 4.57 Å². The molecule has 0 unspecified atom stereocenters. The second-order valence-electron chi connectivity index (χ2n) is 5.92. The molecule has 2 atom stereocenters. The van der Waals surface area contributed by atoms with Crippen LogP contribution in [0.4, 0.5) is 13.2 Å². The molecule has 0 bridgehead atoms. The number of ether oxygens (including phenoxy) is 1. The quantitative estimate of drug-likeness (QED) is 0.824. The molecule has 1 saturated carbocycles. The lowest BCUT2D eigenvalue weighted by molar-refractivity contribution is -0.137. The minimum Gasteiger partial charge on any atom is -0.384 e. The standard InChI is InChI=1S/C17H19F3N2O/c1-23-11-12-5-4-8-15(12)22-10-9-21-16(22)13-6-2-3-7-14(13)17(18,19)20/h2-3,6-7,9-10,12,15H,4-5,8,11H2,1H3/t12-,15-/m0/s1. The zero-order chi connectivity index (χ0) is 16.4. The first kappa shape index (κ1) is 16.1. The zero-order valence-electron chi connectivity index (χ0n) is 12.9. The lowest BCUT2D eigenvalue weighted by Crippen LogP contribution is -2.19. The molecular weight excluding hydrogens is 305 g/mol. The van der Waals surface area contributed by atoms with E-state index in [9.17, 15) is 13.2 Å². The second kappa shape index (κ2) is 6.35. The zero-order valence-corrected chi connectivity index (χ0v) is 12.9. The van der Waals surface area contributed by atoms with E-state index in [4.69, 9.17) is 4.74 Å². The average Bonchev–Trinajstić information content (AvgIpc) is 3.15. The molecule has 3 nitrogen and oxygen atoms in total. The Morgan fingerprint density at radius 3 is 2.78 bits per heavy atom. The molecule has 1 heterocycles. The molecule has 0 amide bonds. The lowest BCUT2D eigenvalue weighted by atomic mass is 10.0. The molecule has 0 radical (unpaired) electrons. The maximum absolute atomic E-state index is 13.3. The number of imidazole rings is 1. The summed E-state index contributed by atoms with van der Waals surface area (Å²) in [6, 6.07) is 5.75. The number of halogens is 3. The predicted octanol–water partition coefficient (Wildman–Crippen LogP) is 4.56. The second-order valence-corrected chi connectivity index (χ2v) is 5.92. The molecule has 2 aromatic rings. The number of alkyl halides is 3. The van der Waals surface area contributed by atoms with Crippen molar-refractivity contribution in [1.29, 1.82) is 0 Å². The molecule has 1 aromatic heterocycles. The maximum Gasteiger partial charge on any atom is 0.417 e. The summed E-state index contributed by atoms with van der Waals surface area (Å²) in [6.07, 6.45) is 1.97. The van der Waals surface area contributed by atoms with Gasteiger partial charge in [0.25, 0.3) is 0 Å². The highest BCUT2D eigenvalue weighted by Gasteiger charge is 2.36. The van der Waals surface area contributed by atoms with Gasteiger partial charge in [0.05, 0.1) is 12.2 Å². The lowest BCUT2D eigenvalue weighted by Gasteiger charge is -2.23. The Morgan fingerprint density at radius 2 is 2.04 bits per heavy atom. The van der Waals surface area contributed by atoms with Crippen molar-refractivity contribution in [3.8, 4) is 11.4 Å². The summed E-state index contributed by atoms with van der Waals surface area (Å²) in [5, 5.41) is 0. The van der Waals surface area contributed by atoms with Gasteiger partial charge in [-0.25, -0.2) is 4.98 Å². The van der Waals surface area contributed by atoms with Crippen LogP contribution in [0.25, 0.3) is 11.4 Å². The molecule has 0 spiro atoms. The molecule has 0 N–H and O–H groups in total. The summed E-state index contributed by atoms with van der Waals surface area (Å²) in [5.41, 5.74) is -0.512. The number of hydrogen-bond donors (Lipinski definition) is 0. The van der Waals surface area contributed by atoms with Crippen molar-refractivity contribution in [2.45, 2.75) is 31.5 Å². The smallest absolute Gasteiger partial charge is 0.384 e. The van der Waals surface area contributed by atoms with Crippen LogP contribution in [0.3, 0.4) is 0 Å². The largest absolute Gasteiger partial charge is 0.417 e. The van der Waals surface area contributed by atoms with Crippen LogP contribution < -0.4 is 0 Å². The van der Waals surface area contributed by atoms with E-state index in [2.05, 4.69) is 4.98 Å². The van der Waals surface area contributed by atoms with Crippen LogP contribution >= 0.6 is 0 Å². The van der Waals surface area contributed by atoms with E-state index < -0.39 is 11.7 Å². The van der Waals surface area contributed by atoms with Crippen LogP contribution in [-0.2, 0) is 10.9 Å². The van der Waals surface area contributed by atoms with Crippen molar-refractivity contribution in [1.82, 2.24) is 9.55 Å². The fourth-order valence-corrected chi connectivity index (χ4v) is 3.51. The van der Waals surface area contributed by atoms with Crippen LogP contribution in [0.5, 0.6) is 0 Å². The van der Waals surface area contributed by atoms with Crippen molar-refractivity contribution in [3.63, 3.8) is 0 Å². The van der Waals surface area contributed by atoms with Gasteiger partial charge >= 0.3 is 6.18 Å². The van der Waals surface area contributed by atoms with Gasteiger partial charge in [-0.3, -0.25) is 0 Å². The van der Waals surface area contributed by atoms with Crippen molar-refractivity contribution in [3.05, 3.63) is 42.2 Å². The minimum absolute atomic E-state index is 0.132. The van der Waals surface area contributed by atoms with Crippen molar-refractivity contribution < 1.29 is 17.9 Å². The fourth-order valence-electron chi connectivity index (χ4n) is 3.51. The molecule has 23 heavy (non-hydrogen) atoms. The third-order valence-corrected chi connectivity index (χ3v) is 4.50. The van der Waals surface area contributed by atoms with Gasteiger partial charge in [0.1, 0.15) is 5.82 Å². The Labute approximate surface area is 133 Å². The van der Waals surface area contributed by atoms with E-state index >= 15 is 0 Å². The number of benzene rings is 1. The van der Waals surface area contributed by atoms with Crippen LogP contribution in [-0.4, -0.2) is 23.3 Å². The topological polar surface area (TPSA) is 27.1 Å². The van der Waals surface area contributed by atoms with Gasteiger partial charge in [0.15, 0.2) is 0 Å². The van der Waals surface area contributed by atoms with E-state index in [0.717, 1.165) is 25.3 Å². The third-order valence-electron chi connectivity index (χ3n) is 4.50. The normalized spacial score (nSPS) is 21.7. The van der Waals surface area contributed by atoms with Crippen molar-refractivity contribution >= 4 is 0 Å². The molecule has 1 aliphatic carbocycles. The third kappa shape index (κ3) is 3.13. The molecule has 1 aliphatic rings. The van der Waals surface area contributed by atoms with Gasteiger partial charge in [-0.05, 0) is 18.9 Å². The van der Waals surface area contributed by atoms with Gasteiger partial charge in [-0.2, -0.15) is 13.2 Å². The van der Waals surface area contributed by atoms with Gasteiger partial charge in [0.2, 0.25) is 0 Å². The predicted molar refractivity (Wildman–Crippen MR) is 80.9 cm³/mol. The molecule has 6 heteroatoms. The first-order valence-corrected chi connectivity index (χ1v) is 7.70. The monoisotopic (exact) mass is 324 g/mol. The van der Waals surface area contributed by atoms with E-state index in [-0.39, 0.29) is 11.6 Å². The van der Waals surface area contributed by atoms with Crippen LogP contribution in [0.15, 0.2) is 36.7 Å². The molecule has 1 fully saturated rings. The maximum atomic E-state index is 13.3. The summed E-state index contributed by atoms with van der Waals surface area (Å²) in [6.45, 7) is 0.614. The highest BCUT2D eigenvalue weighted by molar-refractivity contribution is 5.62. The Kier molecular flexibility index (Phi) is 4.43. The summed E-state index contributed by atoms with van der Waals surface area (Å²) in [5.74, 6) is 0.692. The molecule has 124 valence electrons. The van der Waals surface area contributed by atoms with Crippen LogP contribution in [0, 0.1) is 5.92 Å². The molecule has 1 aromatic carbocycles. The molecule has 0 aliphatic heterocycles. The number of rotatable bonds is 4. The SMILES string of the molecule is COC[C@@H]1CCC[C@@H]1n1ccnc1-c1ccccc1C(F)(F)F. The van der Waals surface area contributed by atoms with Gasteiger partial charge < -0.3 is 9.30 Å². The number of aromatic nitrogens is 2. The molecule has 3 rings (SSSR count). The fraction of sp³-hybridized carbons (Fsp3) is 0.471. The Morgan fingerprint density at radius 1 is 1.26 bits per heavy atom. The Bertz CT molecular complexity index is 666. The first-order chi connectivity index (χ1) is 11.0. The van der Waals surface area contributed by atoms with E-state index in [1.165, 1.54) is 12.1 Å². The molecule has 0 saturated heterocycles. The van der Waals surface area contributed by atoms with E-state index in [1.54, 1.807) is 25.6 Å². The van der Waals surface area contributed by atoms with Gasteiger partial charge in [-0.15, -0.1) is 0 Å².